The summed E-state index contributed by atoms with van der Waals surface area (Å²) in [5.41, 5.74) is 0. The van der Waals surface area contributed by atoms with Gasteiger partial charge >= 0.3 is 24.6 Å². The Bertz CT molecular complexity index is 867. The maximum Gasteiger partial charge on any atom is 0.510 e. The fourth-order valence-electron chi connectivity index (χ4n) is 4.88. The van der Waals surface area contributed by atoms with Crippen LogP contribution in [-0.2, 0) is 42.6 Å². The van der Waals surface area contributed by atoms with E-state index in [0.29, 0.717) is 37.5 Å². The van der Waals surface area contributed by atoms with Crippen LogP contribution in [-0.4, -0.2) is 98.3 Å². The molecule has 248 valence electrons. The van der Waals surface area contributed by atoms with Gasteiger partial charge in [0, 0.05) is 0 Å². The Morgan fingerprint density at radius 1 is 0.605 bits per heavy atom. The van der Waals surface area contributed by atoms with Gasteiger partial charge in [-0.15, -0.1) is 0 Å². The molecule has 0 amide bonds. The minimum Gasteiger partial charge on any atom is -0.431 e. The molecule has 2 aliphatic carbocycles. The summed E-state index contributed by atoms with van der Waals surface area (Å²) >= 11 is 0. The van der Waals surface area contributed by atoms with E-state index in [9.17, 15) is 29.4 Å². The Morgan fingerprint density at radius 2 is 1.05 bits per heavy atom. The molecule has 0 spiro atoms. The summed E-state index contributed by atoms with van der Waals surface area (Å²) in [6.45, 7) is 5.56. The van der Waals surface area contributed by atoms with Crippen molar-refractivity contribution in [2.75, 3.05) is 26.4 Å². The molecule has 0 heterocycles. The first-order valence-corrected chi connectivity index (χ1v) is 14.9. The second-order valence-electron chi connectivity index (χ2n) is 10.5. The van der Waals surface area contributed by atoms with Gasteiger partial charge in [-0.05, 0) is 64.2 Å². The van der Waals surface area contributed by atoms with E-state index in [0.717, 1.165) is 25.7 Å². The fourth-order valence-corrected chi connectivity index (χ4v) is 4.88. The number of carbonyl (C=O) groups is 4. The number of hydrogen-bond donors (Lipinski definition) is 2. The molecule has 2 N–H and O–H groups in total. The maximum absolute atomic E-state index is 11.9. The van der Waals surface area contributed by atoms with E-state index in [4.69, 9.17) is 42.6 Å². The molecule has 0 aromatic rings. The SMILES string of the molecule is CCC1CCC(OC(=O)OCCOC(=O)OC(C)OC(C)OC(=O)OCCOC(=O)OC2CC(CC)CCC2O)C(O)C1. The summed E-state index contributed by atoms with van der Waals surface area (Å²) < 4.78 is 44.6. The van der Waals surface area contributed by atoms with Gasteiger partial charge in [0.15, 0.2) is 0 Å². The lowest BCUT2D eigenvalue weighted by atomic mass is 9.84. The molecule has 8 unspecified atom stereocenters. The molecule has 2 saturated carbocycles. The summed E-state index contributed by atoms with van der Waals surface area (Å²) in [4.78, 5) is 47.3. The number of hydrogen-bond acceptors (Lipinski definition) is 15. The molecule has 2 fully saturated rings. The highest BCUT2D eigenvalue weighted by molar-refractivity contribution is 5.61. The van der Waals surface area contributed by atoms with Crippen LogP contribution in [0, 0.1) is 11.8 Å². The Labute approximate surface area is 251 Å². The van der Waals surface area contributed by atoms with Crippen LogP contribution < -0.4 is 0 Å². The van der Waals surface area contributed by atoms with Crippen molar-refractivity contribution in [3.63, 3.8) is 0 Å². The van der Waals surface area contributed by atoms with Crippen molar-refractivity contribution in [2.45, 2.75) is 116 Å². The molecule has 15 heteroatoms. The summed E-state index contributed by atoms with van der Waals surface area (Å²) in [6.07, 6.45) is -3.46. The largest absolute Gasteiger partial charge is 0.510 e. The summed E-state index contributed by atoms with van der Waals surface area (Å²) in [5.74, 6) is 0.775. The zero-order valence-electron chi connectivity index (χ0n) is 25.3. The van der Waals surface area contributed by atoms with E-state index >= 15 is 0 Å². The van der Waals surface area contributed by atoms with Gasteiger partial charge in [0.25, 0.3) is 0 Å². The molecule has 0 bridgehead atoms. The van der Waals surface area contributed by atoms with Gasteiger partial charge in [-0.2, -0.15) is 0 Å². The molecule has 0 aliphatic heterocycles. The predicted octanol–water partition coefficient (Wildman–Crippen LogP) is 4.19. The summed E-state index contributed by atoms with van der Waals surface area (Å²) in [7, 11) is 0. The second kappa shape index (κ2) is 19.3. The minimum atomic E-state index is -1.18. The van der Waals surface area contributed by atoms with Crippen molar-refractivity contribution < 1.29 is 72.0 Å². The number of rotatable bonds is 14. The smallest absolute Gasteiger partial charge is 0.431 e. The highest BCUT2D eigenvalue weighted by Crippen LogP contribution is 2.30. The van der Waals surface area contributed by atoms with Gasteiger partial charge in [-0.25, -0.2) is 19.2 Å². The lowest BCUT2D eigenvalue weighted by Crippen LogP contribution is -2.37. The van der Waals surface area contributed by atoms with Gasteiger partial charge in [0.2, 0.25) is 12.6 Å². The number of ether oxygens (including phenoxy) is 9. The molecular weight excluding hydrogens is 576 g/mol. The average molecular weight is 623 g/mol. The molecule has 15 nitrogen and oxygen atoms in total. The zero-order valence-corrected chi connectivity index (χ0v) is 25.3. The molecule has 0 aromatic heterocycles. The molecular formula is C28H46O15. The van der Waals surface area contributed by atoms with E-state index in [2.05, 4.69) is 0 Å². The normalized spacial score (nSPS) is 26.7. The lowest BCUT2D eigenvalue weighted by Gasteiger charge is -2.31. The molecule has 0 radical (unpaired) electrons. The van der Waals surface area contributed by atoms with Crippen LogP contribution in [0.4, 0.5) is 19.2 Å². The van der Waals surface area contributed by atoms with Gasteiger partial charge in [0.1, 0.15) is 38.6 Å². The zero-order chi connectivity index (χ0) is 31.8. The van der Waals surface area contributed by atoms with E-state index in [1.165, 1.54) is 13.8 Å². The van der Waals surface area contributed by atoms with Crippen molar-refractivity contribution in [1.29, 1.82) is 0 Å². The maximum atomic E-state index is 11.9. The van der Waals surface area contributed by atoms with E-state index in [1.54, 1.807) is 0 Å². The van der Waals surface area contributed by atoms with Crippen LogP contribution in [0.15, 0.2) is 0 Å². The molecule has 43 heavy (non-hydrogen) atoms. The first-order valence-electron chi connectivity index (χ1n) is 14.9. The first-order chi connectivity index (χ1) is 20.5. The highest BCUT2D eigenvalue weighted by atomic mass is 16.8. The number of carbonyl (C=O) groups excluding carboxylic acids is 4. The average Bonchev–Trinajstić information content (AvgIpc) is 2.95. The number of aliphatic hydroxyl groups is 2. The monoisotopic (exact) mass is 622 g/mol. The summed E-state index contributed by atoms with van der Waals surface area (Å²) in [6, 6.07) is 0. The van der Waals surface area contributed by atoms with Crippen molar-refractivity contribution >= 4 is 24.6 Å². The Morgan fingerprint density at radius 3 is 1.53 bits per heavy atom. The minimum absolute atomic E-state index is 0.293. The van der Waals surface area contributed by atoms with Crippen molar-refractivity contribution in [3.8, 4) is 0 Å². The third kappa shape index (κ3) is 14.3. The molecule has 2 rings (SSSR count). The lowest BCUT2D eigenvalue weighted by molar-refractivity contribution is -0.204. The van der Waals surface area contributed by atoms with Gasteiger partial charge in [-0.1, -0.05) is 26.7 Å². The molecule has 2 aliphatic rings. The van der Waals surface area contributed by atoms with Crippen molar-refractivity contribution in [3.05, 3.63) is 0 Å². The van der Waals surface area contributed by atoms with Crippen LogP contribution >= 0.6 is 0 Å². The van der Waals surface area contributed by atoms with E-state index in [-0.39, 0.29) is 26.4 Å². The van der Waals surface area contributed by atoms with E-state index < -0.39 is 61.6 Å². The van der Waals surface area contributed by atoms with Crippen LogP contribution in [0.2, 0.25) is 0 Å². The second-order valence-corrected chi connectivity index (χ2v) is 10.5. The van der Waals surface area contributed by atoms with Crippen LogP contribution in [0.3, 0.4) is 0 Å². The van der Waals surface area contributed by atoms with Crippen molar-refractivity contribution in [2.24, 2.45) is 11.8 Å². The van der Waals surface area contributed by atoms with Crippen LogP contribution in [0.1, 0.15) is 79.1 Å². The summed E-state index contributed by atoms with van der Waals surface area (Å²) in [5, 5.41) is 20.1. The highest BCUT2D eigenvalue weighted by Gasteiger charge is 2.32. The molecule has 0 aromatic carbocycles. The quantitative estimate of drug-likeness (QED) is 0.121. The van der Waals surface area contributed by atoms with Crippen LogP contribution in [0.5, 0.6) is 0 Å². The number of aliphatic hydroxyl groups excluding tert-OH is 2. The van der Waals surface area contributed by atoms with Crippen LogP contribution in [0.25, 0.3) is 0 Å². The van der Waals surface area contributed by atoms with Gasteiger partial charge < -0.3 is 52.8 Å². The topological polar surface area (TPSA) is 192 Å². The molecule has 0 saturated heterocycles. The molecule has 8 atom stereocenters. The third-order valence-corrected chi connectivity index (χ3v) is 7.33. The predicted molar refractivity (Wildman–Crippen MR) is 145 cm³/mol. The fraction of sp³-hybridized carbons (Fsp3) is 0.857. The van der Waals surface area contributed by atoms with Crippen molar-refractivity contribution in [1.82, 2.24) is 0 Å². The Balaban J connectivity index is 1.50. The first kappa shape index (κ1) is 36.2. The van der Waals surface area contributed by atoms with E-state index in [1.807, 2.05) is 13.8 Å². The van der Waals surface area contributed by atoms with Gasteiger partial charge in [0.05, 0.1) is 12.2 Å². The Kier molecular flexibility index (Phi) is 16.2. The standard InChI is InChI=1S/C28H46O15/c1-5-19-8-10-23(22(30)15-19)42-27(33)37-13-11-35-25(31)40-17(3)39-18(4)41-26(32)36-12-14-38-28(34)43-24-16-20(6-2)7-9-21(24)29/h17-24,29-30H,5-16H2,1-4H3. The Hall–Kier alpha value is -3.04. The third-order valence-electron chi connectivity index (χ3n) is 7.33. The van der Waals surface area contributed by atoms with Gasteiger partial charge in [-0.3, -0.25) is 0 Å².